The molecule has 1 aliphatic heterocycles. The minimum absolute atomic E-state index is 0.0298. The average Bonchev–Trinajstić information content (AvgIpc) is 2.60. The van der Waals surface area contributed by atoms with E-state index < -0.39 is 0 Å². The molecule has 1 aromatic rings. The van der Waals surface area contributed by atoms with Gasteiger partial charge in [0.2, 0.25) is 0 Å². The maximum atomic E-state index is 6.10. The Morgan fingerprint density at radius 2 is 2.26 bits per heavy atom. The monoisotopic (exact) mass is 262 g/mol. The molecule has 4 heteroatoms. The van der Waals surface area contributed by atoms with Gasteiger partial charge in [0.1, 0.15) is 5.82 Å². The number of hydrogen-bond acceptors (Lipinski definition) is 4. The van der Waals surface area contributed by atoms with Gasteiger partial charge in [-0.25, -0.2) is 4.98 Å². The topological polar surface area (TPSA) is 45.4 Å². The molecule has 2 heterocycles. The molecule has 2 atom stereocenters. The van der Waals surface area contributed by atoms with E-state index in [9.17, 15) is 0 Å². The van der Waals surface area contributed by atoms with Crippen LogP contribution in [0.25, 0.3) is 0 Å². The Bertz CT molecular complexity index is 405. The molecule has 0 saturated carbocycles. The van der Waals surface area contributed by atoms with Crippen LogP contribution in [0.5, 0.6) is 0 Å². The summed E-state index contributed by atoms with van der Waals surface area (Å²) in [4.78, 5) is 9.50. The van der Waals surface area contributed by atoms with Crippen molar-refractivity contribution in [3.05, 3.63) is 23.9 Å². The lowest BCUT2D eigenvalue weighted by molar-refractivity contribution is 0.327. The van der Waals surface area contributed by atoms with E-state index in [1.807, 2.05) is 19.2 Å². The Hall–Kier alpha value is -1.13. The summed E-state index contributed by atoms with van der Waals surface area (Å²) < 4.78 is 0. The molecule has 4 nitrogen and oxygen atoms in total. The summed E-state index contributed by atoms with van der Waals surface area (Å²) in [5, 5.41) is 0. The molecule has 1 saturated heterocycles. The van der Waals surface area contributed by atoms with Crippen LogP contribution in [0.3, 0.4) is 0 Å². The Kier molecular flexibility index (Phi) is 4.77. The zero-order valence-electron chi connectivity index (χ0n) is 12.3. The summed E-state index contributed by atoms with van der Waals surface area (Å²) >= 11 is 0. The van der Waals surface area contributed by atoms with Gasteiger partial charge in [-0.2, -0.15) is 0 Å². The molecule has 0 bridgehead atoms. The highest BCUT2D eigenvalue weighted by atomic mass is 15.3. The van der Waals surface area contributed by atoms with E-state index in [0.717, 1.165) is 37.4 Å². The number of likely N-dealkylation sites (N-methyl/N-ethyl adjacent to an activating group) is 1. The number of rotatable bonds is 3. The zero-order valence-corrected chi connectivity index (χ0v) is 12.3. The number of pyridine rings is 1. The van der Waals surface area contributed by atoms with Crippen molar-refractivity contribution in [3.8, 4) is 0 Å². The van der Waals surface area contributed by atoms with Crippen molar-refractivity contribution in [3.63, 3.8) is 0 Å². The Labute approximate surface area is 116 Å². The minimum atomic E-state index is 0.0298. The highest BCUT2D eigenvalue weighted by molar-refractivity contribution is 5.49. The first-order chi connectivity index (χ1) is 9.13. The smallest absolute Gasteiger partial charge is 0.133 e. The van der Waals surface area contributed by atoms with Crippen LogP contribution >= 0.6 is 0 Å². The summed E-state index contributed by atoms with van der Waals surface area (Å²) in [5.41, 5.74) is 7.26. The molecule has 1 aromatic heterocycles. The van der Waals surface area contributed by atoms with Gasteiger partial charge < -0.3 is 15.5 Å². The molecule has 106 valence electrons. The van der Waals surface area contributed by atoms with Crippen molar-refractivity contribution in [2.45, 2.75) is 38.8 Å². The molecule has 0 aromatic carbocycles. The predicted octanol–water partition coefficient (Wildman–Crippen LogP) is 2.02. The average molecular weight is 262 g/mol. The van der Waals surface area contributed by atoms with Crippen LogP contribution < -0.4 is 10.6 Å². The Morgan fingerprint density at radius 1 is 1.47 bits per heavy atom. The summed E-state index contributed by atoms with van der Waals surface area (Å²) in [6, 6.07) is 4.64. The first-order valence-corrected chi connectivity index (χ1v) is 7.29. The third-order valence-corrected chi connectivity index (χ3v) is 3.95. The standard InChI is InChI=1S/C15H26N4/c1-4-13-11-18(3)9-6-10-19(13)15-14(12(2)16)7-5-8-17-15/h5,7-8,12-13H,4,6,9-11,16H2,1-3H3/t12-,13?/m0/s1. The molecule has 0 amide bonds. The largest absolute Gasteiger partial charge is 0.352 e. The van der Waals surface area contributed by atoms with Gasteiger partial charge in [-0.15, -0.1) is 0 Å². The van der Waals surface area contributed by atoms with E-state index in [4.69, 9.17) is 5.73 Å². The van der Waals surface area contributed by atoms with E-state index in [-0.39, 0.29) is 6.04 Å². The van der Waals surface area contributed by atoms with Crippen molar-refractivity contribution >= 4 is 5.82 Å². The zero-order chi connectivity index (χ0) is 13.8. The molecular formula is C15H26N4. The Morgan fingerprint density at radius 3 is 2.95 bits per heavy atom. The van der Waals surface area contributed by atoms with Gasteiger partial charge in [0.05, 0.1) is 0 Å². The van der Waals surface area contributed by atoms with Crippen LogP contribution in [0.1, 0.15) is 38.3 Å². The number of nitrogens with two attached hydrogens (primary N) is 1. The van der Waals surface area contributed by atoms with Gasteiger partial charge in [-0.3, -0.25) is 0 Å². The van der Waals surface area contributed by atoms with Crippen LogP contribution in [-0.2, 0) is 0 Å². The molecule has 1 fully saturated rings. The third-order valence-electron chi connectivity index (χ3n) is 3.95. The van der Waals surface area contributed by atoms with Crippen molar-refractivity contribution < 1.29 is 0 Å². The molecule has 1 aliphatic rings. The lowest BCUT2D eigenvalue weighted by atomic mass is 10.1. The van der Waals surface area contributed by atoms with E-state index in [2.05, 4.69) is 34.8 Å². The van der Waals surface area contributed by atoms with E-state index in [1.165, 1.54) is 6.42 Å². The SMILES string of the molecule is CCC1CN(C)CCCN1c1ncccc1[C@H](C)N. The van der Waals surface area contributed by atoms with Crippen molar-refractivity contribution in [2.24, 2.45) is 5.73 Å². The van der Waals surface area contributed by atoms with Gasteiger partial charge in [-0.05, 0) is 39.4 Å². The van der Waals surface area contributed by atoms with Crippen molar-refractivity contribution in [1.82, 2.24) is 9.88 Å². The maximum Gasteiger partial charge on any atom is 0.133 e. The molecule has 0 aliphatic carbocycles. The van der Waals surface area contributed by atoms with Gasteiger partial charge >= 0.3 is 0 Å². The van der Waals surface area contributed by atoms with E-state index in [1.54, 1.807) is 0 Å². The van der Waals surface area contributed by atoms with E-state index in [0.29, 0.717) is 6.04 Å². The van der Waals surface area contributed by atoms with Gasteiger partial charge in [0.15, 0.2) is 0 Å². The third kappa shape index (κ3) is 3.25. The van der Waals surface area contributed by atoms with Crippen LogP contribution in [0.4, 0.5) is 5.82 Å². The molecule has 19 heavy (non-hydrogen) atoms. The van der Waals surface area contributed by atoms with Crippen LogP contribution in [0.2, 0.25) is 0 Å². The fourth-order valence-electron chi connectivity index (χ4n) is 2.88. The van der Waals surface area contributed by atoms with Crippen LogP contribution in [0.15, 0.2) is 18.3 Å². The lowest BCUT2D eigenvalue weighted by Crippen LogP contribution is -2.41. The molecule has 0 spiro atoms. The Balaban J connectivity index is 2.32. The van der Waals surface area contributed by atoms with Crippen molar-refractivity contribution in [2.75, 3.05) is 31.6 Å². The van der Waals surface area contributed by atoms with E-state index >= 15 is 0 Å². The minimum Gasteiger partial charge on any atom is -0.352 e. The summed E-state index contributed by atoms with van der Waals surface area (Å²) in [7, 11) is 2.21. The molecule has 2 rings (SSSR count). The lowest BCUT2D eigenvalue weighted by Gasteiger charge is -2.33. The van der Waals surface area contributed by atoms with Crippen LogP contribution in [0, 0.1) is 0 Å². The second kappa shape index (κ2) is 6.35. The molecule has 1 unspecified atom stereocenters. The van der Waals surface area contributed by atoms with Gasteiger partial charge in [0, 0.05) is 36.9 Å². The number of hydrogen-bond donors (Lipinski definition) is 1. The first kappa shape index (κ1) is 14.3. The number of nitrogens with zero attached hydrogens (tertiary/aromatic N) is 3. The summed E-state index contributed by atoms with van der Waals surface area (Å²) in [6.07, 6.45) is 4.20. The normalized spacial score (nSPS) is 23.2. The molecule has 0 radical (unpaired) electrons. The van der Waals surface area contributed by atoms with Crippen molar-refractivity contribution in [1.29, 1.82) is 0 Å². The van der Waals surface area contributed by atoms with Gasteiger partial charge in [0.25, 0.3) is 0 Å². The second-order valence-corrected chi connectivity index (χ2v) is 5.58. The second-order valence-electron chi connectivity index (χ2n) is 5.58. The fourth-order valence-corrected chi connectivity index (χ4v) is 2.88. The fraction of sp³-hybridized carbons (Fsp3) is 0.667. The molecular weight excluding hydrogens is 236 g/mol. The van der Waals surface area contributed by atoms with Crippen LogP contribution in [-0.4, -0.2) is 42.6 Å². The summed E-state index contributed by atoms with van der Waals surface area (Å²) in [6.45, 7) is 7.62. The summed E-state index contributed by atoms with van der Waals surface area (Å²) in [5.74, 6) is 1.08. The number of anilines is 1. The maximum absolute atomic E-state index is 6.10. The predicted molar refractivity (Wildman–Crippen MR) is 80.4 cm³/mol. The number of aromatic nitrogens is 1. The molecule has 2 N–H and O–H groups in total. The van der Waals surface area contributed by atoms with Gasteiger partial charge in [-0.1, -0.05) is 13.0 Å². The quantitative estimate of drug-likeness (QED) is 0.905. The highest BCUT2D eigenvalue weighted by Gasteiger charge is 2.25. The first-order valence-electron chi connectivity index (χ1n) is 7.29. The highest BCUT2D eigenvalue weighted by Crippen LogP contribution is 2.26.